The highest BCUT2D eigenvalue weighted by molar-refractivity contribution is 5.79. The average molecular weight is 300 g/mol. The van der Waals surface area contributed by atoms with Gasteiger partial charge in [0.2, 0.25) is 5.91 Å². The molecule has 1 aliphatic heterocycles. The van der Waals surface area contributed by atoms with Gasteiger partial charge < -0.3 is 10.6 Å². The molecule has 22 heavy (non-hydrogen) atoms. The molecule has 1 aromatic carbocycles. The summed E-state index contributed by atoms with van der Waals surface area (Å²) in [7, 11) is 0. The van der Waals surface area contributed by atoms with Crippen molar-refractivity contribution in [2.75, 3.05) is 13.1 Å². The van der Waals surface area contributed by atoms with Crippen LogP contribution < -0.4 is 5.73 Å². The van der Waals surface area contributed by atoms with Crippen molar-refractivity contribution < 1.29 is 4.79 Å². The van der Waals surface area contributed by atoms with E-state index in [2.05, 4.69) is 38.1 Å². The van der Waals surface area contributed by atoms with E-state index in [9.17, 15) is 4.79 Å². The molecular weight excluding hydrogens is 272 g/mol. The Bertz CT molecular complexity index is 523. The summed E-state index contributed by atoms with van der Waals surface area (Å²) < 4.78 is 0. The number of nitrogens with zero attached hydrogens (tertiary/aromatic N) is 1. The van der Waals surface area contributed by atoms with Gasteiger partial charge in [0.15, 0.2) is 0 Å². The Hall–Kier alpha value is -1.35. The van der Waals surface area contributed by atoms with E-state index in [1.54, 1.807) is 0 Å². The summed E-state index contributed by atoms with van der Waals surface area (Å²) in [6.07, 6.45) is 3.95. The molecule has 3 rings (SSSR count). The van der Waals surface area contributed by atoms with E-state index in [0.29, 0.717) is 30.2 Å². The van der Waals surface area contributed by atoms with Gasteiger partial charge in [-0.25, -0.2) is 0 Å². The predicted molar refractivity (Wildman–Crippen MR) is 89.5 cm³/mol. The fourth-order valence-corrected chi connectivity index (χ4v) is 4.06. The van der Waals surface area contributed by atoms with Crippen molar-refractivity contribution in [2.24, 2.45) is 23.5 Å². The number of hydrogen-bond donors (Lipinski definition) is 1. The Balaban J connectivity index is 1.56. The lowest BCUT2D eigenvalue weighted by atomic mass is 9.98. The Morgan fingerprint density at radius 2 is 1.86 bits per heavy atom. The van der Waals surface area contributed by atoms with Crippen LogP contribution in [0.15, 0.2) is 24.3 Å². The Morgan fingerprint density at radius 1 is 1.18 bits per heavy atom. The highest BCUT2D eigenvalue weighted by Gasteiger charge is 2.42. The Morgan fingerprint density at radius 3 is 2.50 bits per heavy atom. The minimum atomic E-state index is 0.262. The average Bonchev–Trinajstić information content (AvgIpc) is 3.03. The van der Waals surface area contributed by atoms with Gasteiger partial charge >= 0.3 is 0 Å². The van der Waals surface area contributed by atoms with Crippen LogP contribution in [0.25, 0.3) is 0 Å². The number of rotatable bonds is 4. The molecule has 2 fully saturated rings. The molecule has 0 aromatic heterocycles. The van der Waals surface area contributed by atoms with Crippen LogP contribution in [0, 0.1) is 17.8 Å². The first-order chi connectivity index (χ1) is 10.5. The first-order valence-electron chi connectivity index (χ1n) is 8.64. The third kappa shape index (κ3) is 3.35. The van der Waals surface area contributed by atoms with E-state index in [1.807, 2.05) is 4.90 Å². The van der Waals surface area contributed by atoms with Gasteiger partial charge in [0.25, 0.3) is 0 Å². The minimum Gasteiger partial charge on any atom is -0.342 e. The maximum absolute atomic E-state index is 12.5. The quantitative estimate of drug-likeness (QED) is 0.929. The van der Waals surface area contributed by atoms with Crippen molar-refractivity contribution in [1.29, 1.82) is 0 Å². The first kappa shape index (κ1) is 15.5. The molecule has 0 radical (unpaired) electrons. The SMILES string of the molecule is CC(C)Cc1ccc(CC(=O)N2CC3CCC(N)C3C2)cc1. The van der Waals surface area contributed by atoms with Crippen molar-refractivity contribution in [3.05, 3.63) is 35.4 Å². The number of hydrogen-bond acceptors (Lipinski definition) is 2. The molecule has 2 N–H and O–H groups in total. The van der Waals surface area contributed by atoms with E-state index in [1.165, 1.54) is 12.0 Å². The maximum atomic E-state index is 12.5. The molecule has 3 heteroatoms. The second kappa shape index (κ2) is 6.41. The number of amides is 1. The highest BCUT2D eigenvalue weighted by Crippen LogP contribution is 2.37. The van der Waals surface area contributed by atoms with Crippen LogP contribution in [0.5, 0.6) is 0 Å². The second-order valence-electron chi connectivity index (χ2n) is 7.56. The summed E-state index contributed by atoms with van der Waals surface area (Å²) in [5, 5.41) is 0. The molecule has 3 unspecified atom stereocenters. The number of likely N-dealkylation sites (tertiary alicyclic amines) is 1. The first-order valence-corrected chi connectivity index (χ1v) is 8.64. The van der Waals surface area contributed by atoms with Crippen LogP contribution in [0.4, 0.5) is 0 Å². The molecule has 3 nitrogen and oxygen atoms in total. The van der Waals surface area contributed by atoms with E-state index in [0.717, 1.165) is 31.5 Å². The van der Waals surface area contributed by atoms with Gasteiger partial charge in [0, 0.05) is 19.1 Å². The summed E-state index contributed by atoms with van der Waals surface area (Å²) in [5.74, 6) is 2.11. The van der Waals surface area contributed by atoms with Crippen molar-refractivity contribution in [3.63, 3.8) is 0 Å². The fraction of sp³-hybridized carbons (Fsp3) is 0.632. The Labute approximate surface area is 133 Å². The lowest BCUT2D eigenvalue weighted by Crippen LogP contribution is -2.34. The molecule has 0 spiro atoms. The normalized spacial score (nSPS) is 27.5. The summed E-state index contributed by atoms with van der Waals surface area (Å²) in [4.78, 5) is 14.5. The monoisotopic (exact) mass is 300 g/mol. The topological polar surface area (TPSA) is 46.3 Å². The third-order valence-electron chi connectivity index (χ3n) is 5.29. The molecule has 0 bridgehead atoms. The van der Waals surface area contributed by atoms with Gasteiger partial charge in [-0.15, -0.1) is 0 Å². The molecule has 2 aliphatic rings. The van der Waals surface area contributed by atoms with Gasteiger partial charge in [-0.3, -0.25) is 4.79 Å². The van der Waals surface area contributed by atoms with Gasteiger partial charge in [-0.1, -0.05) is 38.1 Å². The molecule has 120 valence electrons. The van der Waals surface area contributed by atoms with Crippen LogP contribution in [0.1, 0.15) is 37.8 Å². The van der Waals surface area contributed by atoms with E-state index >= 15 is 0 Å². The zero-order chi connectivity index (χ0) is 15.7. The van der Waals surface area contributed by atoms with Crippen LogP contribution in [0.3, 0.4) is 0 Å². The fourth-order valence-electron chi connectivity index (χ4n) is 4.06. The van der Waals surface area contributed by atoms with Crippen LogP contribution in [0.2, 0.25) is 0 Å². The molecule has 1 saturated heterocycles. The van der Waals surface area contributed by atoms with Crippen LogP contribution in [-0.4, -0.2) is 29.9 Å². The summed E-state index contributed by atoms with van der Waals surface area (Å²) in [6, 6.07) is 8.85. The number of carbonyl (C=O) groups is 1. The van der Waals surface area contributed by atoms with Crippen molar-refractivity contribution >= 4 is 5.91 Å². The lowest BCUT2D eigenvalue weighted by molar-refractivity contribution is -0.129. The summed E-state index contributed by atoms with van der Waals surface area (Å²) in [5.41, 5.74) is 8.63. The molecule has 1 aliphatic carbocycles. The zero-order valence-corrected chi connectivity index (χ0v) is 13.8. The lowest BCUT2D eigenvalue weighted by Gasteiger charge is -2.19. The van der Waals surface area contributed by atoms with Crippen molar-refractivity contribution in [3.8, 4) is 0 Å². The van der Waals surface area contributed by atoms with Gasteiger partial charge in [0.05, 0.1) is 6.42 Å². The van der Waals surface area contributed by atoms with Crippen molar-refractivity contribution in [2.45, 2.75) is 45.6 Å². The van der Waals surface area contributed by atoms with Gasteiger partial charge in [0.1, 0.15) is 0 Å². The number of benzene rings is 1. The molecular formula is C19H28N2O. The smallest absolute Gasteiger partial charge is 0.227 e. The standard InChI is InChI=1S/C19H28N2O/c1-13(2)9-14-3-5-15(6-4-14)10-19(22)21-11-16-7-8-18(20)17(16)12-21/h3-6,13,16-18H,7-12,20H2,1-2H3. The number of nitrogens with two attached hydrogens (primary N) is 1. The predicted octanol–water partition coefficient (Wildman–Crippen LogP) is 2.62. The largest absolute Gasteiger partial charge is 0.342 e. The second-order valence-corrected chi connectivity index (χ2v) is 7.56. The molecule has 1 aromatic rings. The highest BCUT2D eigenvalue weighted by atomic mass is 16.2. The summed E-state index contributed by atoms with van der Waals surface area (Å²) in [6.45, 7) is 6.25. The molecule has 3 atom stereocenters. The number of carbonyl (C=O) groups excluding carboxylic acids is 1. The minimum absolute atomic E-state index is 0.262. The zero-order valence-electron chi connectivity index (χ0n) is 13.8. The molecule has 1 amide bonds. The third-order valence-corrected chi connectivity index (χ3v) is 5.29. The summed E-state index contributed by atoms with van der Waals surface area (Å²) >= 11 is 0. The van der Waals surface area contributed by atoms with E-state index < -0.39 is 0 Å². The van der Waals surface area contributed by atoms with Crippen molar-refractivity contribution in [1.82, 2.24) is 4.90 Å². The van der Waals surface area contributed by atoms with Gasteiger partial charge in [-0.05, 0) is 48.1 Å². The van der Waals surface area contributed by atoms with Crippen LogP contribution >= 0.6 is 0 Å². The maximum Gasteiger partial charge on any atom is 0.227 e. The molecule has 1 heterocycles. The van der Waals surface area contributed by atoms with E-state index in [4.69, 9.17) is 5.73 Å². The van der Waals surface area contributed by atoms with Gasteiger partial charge in [-0.2, -0.15) is 0 Å². The Kier molecular flexibility index (Phi) is 4.53. The molecule has 1 saturated carbocycles. The van der Waals surface area contributed by atoms with E-state index in [-0.39, 0.29) is 5.91 Å². The number of fused-ring (bicyclic) bond motifs is 1. The van der Waals surface area contributed by atoms with Crippen LogP contribution in [-0.2, 0) is 17.6 Å².